The van der Waals surface area contributed by atoms with Crippen molar-refractivity contribution in [1.29, 1.82) is 0 Å². The standard InChI is InChI=1S/C54H85NO5/c1-4-7-10-13-16-19-22-23-24-25-26-27-28-29-32-35-38-41-44-47-54(59)60-50(45-42-39-36-33-30-20-17-14-11-8-5-2)48-53(58)55-51(49-56)52(57)46-43-40-37-34-31-21-18-15-12-9-6-3/h7-8,10-11,14,16-17,19-20,23-24,26-27,29-30,32-33,36,38-39,41-42,50-52,56-57H,4-6,9,12-13,15,18,21-22,25,28,31,34-35,37,40,43-49H2,1-3H3,(H,55,58)/b10-7-,11-8+,17-14+,19-16-,24-23-,27-26-,30-20-,32-29-,36-33-,41-38-,42-39+. The van der Waals surface area contributed by atoms with Crippen LogP contribution < -0.4 is 5.32 Å². The van der Waals surface area contributed by atoms with E-state index in [4.69, 9.17) is 4.74 Å². The Morgan fingerprint density at radius 3 is 1.45 bits per heavy atom. The van der Waals surface area contributed by atoms with Gasteiger partial charge in [0.2, 0.25) is 5.91 Å². The largest absolute Gasteiger partial charge is 0.461 e. The van der Waals surface area contributed by atoms with E-state index in [9.17, 15) is 19.8 Å². The minimum absolute atomic E-state index is 0.0582. The molecule has 60 heavy (non-hydrogen) atoms. The van der Waals surface area contributed by atoms with Crippen molar-refractivity contribution >= 4 is 11.9 Å². The maximum atomic E-state index is 13.1. The van der Waals surface area contributed by atoms with Crippen molar-refractivity contribution in [2.45, 2.75) is 187 Å². The lowest BCUT2D eigenvalue weighted by Gasteiger charge is -2.24. The molecule has 3 unspecified atom stereocenters. The lowest BCUT2D eigenvalue weighted by atomic mass is 10.0. The number of amides is 1. The van der Waals surface area contributed by atoms with E-state index in [2.05, 4.69) is 92.9 Å². The quantitative estimate of drug-likeness (QED) is 0.0248. The number of aliphatic hydroxyl groups excluding tert-OH is 2. The van der Waals surface area contributed by atoms with Crippen molar-refractivity contribution in [2.75, 3.05) is 6.61 Å². The van der Waals surface area contributed by atoms with Crippen LogP contribution in [0.25, 0.3) is 0 Å². The summed E-state index contributed by atoms with van der Waals surface area (Å²) in [7, 11) is 0. The highest BCUT2D eigenvalue weighted by atomic mass is 16.5. The van der Waals surface area contributed by atoms with Crippen molar-refractivity contribution in [3.05, 3.63) is 134 Å². The number of carbonyl (C=O) groups is 2. The minimum atomic E-state index is -0.837. The third-order valence-electron chi connectivity index (χ3n) is 9.62. The summed E-state index contributed by atoms with van der Waals surface area (Å²) in [6.07, 6.45) is 65.4. The van der Waals surface area contributed by atoms with E-state index in [1.54, 1.807) is 0 Å². The number of carbonyl (C=O) groups excluding carboxylic acids is 2. The Hall–Kier alpha value is -4.00. The molecule has 1 amide bonds. The molecule has 0 aliphatic heterocycles. The Kier molecular flexibility index (Phi) is 43.0. The van der Waals surface area contributed by atoms with E-state index >= 15 is 0 Å². The second-order valence-electron chi connectivity index (χ2n) is 15.2. The molecule has 0 aromatic heterocycles. The summed E-state index contributed by atoms with van der Waals surface area (Å²) < 4.78 is 5.77. The molecule has 0 aliphatic rings. The first kappa shape index (κ1) is 56.0. The van der Waals surface area contributed by atoms with Gasteiger partial charge in [0.15, 0.2) is 0 Å². The highest BCUT2D eigenvalue weighted by molar-refractivity contribution is 5.77. The lowest BCUT2D eigenvalue weighted by molar-refractivity contribution is -0.150. The molecule has 0 bridgehead atoms. The molecule has 0 fully saturated rings. The summed E-state index contributed by atoms with van der Waals surface area (Å²) in [5.74, 6) is -0.726. The van der Waals surface area contributed by atoms with Crippen molar-refractivity contribution in [2.24, 2.45) is 0 Å². The molecule has 3 N–H and O–H groups in total. The summed E-state index contributed by atoms with van der Waals surface area (Å²) in [5, 5.41) is 23.6. The normalized spacial score (nSPS) is 14.6. The second-order valence-corrected chi connectivity index (χ2v) is 15.2. The van der Waals surface area contributed by atoms with Gasteiger partial charge in [0.05, 0.1) is 25.2 Å². The summed E-state index contributed by atoms with van der Waals surface area (Å²) in [4.78, 5) is 25.9. The zero-order valence-electron chi connectivity index (χ0n) is 38.0. The Balaban J connectivity index is 4.83. The van der Waals surface area contributed by atoms with Crippen LogP contribution >= 0.6 is 0 Å². The van der Waals surface area contributed by atoms with E-state index in [1.807, 2.05) is 66.8 Å². The molecule has 0 rings (SSSR count). The van der Waals surface area contributed by atoms with Crippen LogP contribution in [-0.2, 0) is 14.3 Å². The van der Waals surface area contributed by atoms with Crippen molar-refractivity contribution < 1.29 is 24.5 Å². The number of aliphatic hydroxyl groups is 2. The predicted molar refractivity (Wildman–Crippen MR) is 259 cm³/mol. The molecule has 3 atom stereocenters. The Morgan fingerprint density at radius 1 is 0.533 bits per heavy atom. The zero-order chi connectivity index (χ0) is 43.8. The summed E-state index contributed by atoms with van der Waals surface area (Å²) in [5.41, 5.74) is 0. The highest BCUT2D eigenvalue weighted by Gasteiger charge is 2.23. The van der Waals surface area contributed by atoms with E-state index in [-0.39, 0.29) is 31.3 Å². The van der Waals surface area contributed by atoms with Crippen LogP contribution in [0.4, 0.5) is 0 Å². The number of rotatable bonds is 39. The van der Waals surface area contributed by atoms with Crippen molar-refractivity contribution in [3.63, 3.8) is 0 Å². The van der Waals surface area contributed by atoms with Crippen LogP contribution in [-0.4, -0.2) is 46.9 Å². The number of allylic oxidation sites excluding steroid dienone is 21. The molecule has 0 saturated carbocycles. The fourth-order valence-corrected chi connectivity index (χ4v) is 6.12. The number of esters is 1. The van der Waals surface area contributed by atoms with Crippen LogP contribution in [0, 0.1) is 0 Å². The van der Waals surface area contributed by atoms with Crippen LogP contribution in [0.1, 0.15) is 168 Å². The van der Waals surface area contributed by atoms with Gasteiger partial charge in [-0.2, -0.15) is 0 Å². The molecule has 0 heterocycles. The van der Waals surface area contributed by atoms with Gasteiger partial charge in [-0.1, -0.05) is 225 Å². The average Bonchev–Trinajstić information content (AvgIpc) is 3.24. The maximum Gasteiger partial charge on any atom is 0.306 e. The third kappa shape index (κ3) is 40.8. The van der Waals surface area contributed by atoms with Gasteiger partial charge >= 0.3 is 5.97 Å². The van der Waals surface area contributed by atoms with Crippen LogP contribution in [0.3, 0.4) is 0 Å². The fraction of sp³-hybridized carbons (Fsp3) is 0.556. The fourth-order valence-electron chi connectivity index (χ4n) is 6.12. The van der Waals surface area contributed by atoms with E-state index in [0.29, 0.717) is 19.3 Å². The zero-order valence-corrected chi connectivity index (χ0v) is 38.0. The maximum absolute atomic E-state index is 13.1. The summed E-state index contributed by atoms with van der Waals surface area (Å²) in [6.45, 7) is 6.13. The van der Waals surface area contributed by atoms with Gasteiger partial charge in [-0.15, -0.1) is 0 Å². The summed E-state index contributed by atoms with van der Waals surface area (Å²) >= 11 is 0. The molecule has 0 aromatic carbocycles. The average molecular weight is 828 g/mol. The molecule has 0 radical (unpaired) electrons. The number of hydrogen-bond donors (Lipinski definition) is 3. The smallest absolute Gasteiger partial charge is 0.306 e. The van der Waals surface area contributed by atoms with E-state index < -0.39 is 18.2 Å². The van der Waals surface area contributed by atoms with Gasteiger partial charge in [-0.25, -0.2) is 0 Å². The molecule has 0 spiro atoms. The topological polar surface area (TPSA) is 95.9 Å². The van der Waals surface area contributed by atoms with Crippen molar-refractivity contribution in [1.82, 2.24) is 5.32 Å². The molecule has 0 aliphatic carbocycles. The van der Waals surface area contributed by atoms with Gasteiger partial charge < -0.3 is 20.3 Å². The molecule has 6 nitrogen and oxygen atoms in total. The van der Waals surface area contributed by atoms with Gasteiger partial charge in [0, 0.05) is 12.8 Å². The number of nitrogens with one attached hydrogen (secondary N) is 1. The lowest BCUT2D eigenvalue weighted by Crippen LogP contribution is -2.46. The molecule has 336 valence electrons. The van der Waals surface area contributed by atoms with Gasteiger partial charge in [0.1, 0.15) is 6.10 Å². The van der Waals surface area contributed by atoms with Crippen LogP contribution in [0.5, 0.6) is 0 Å². The van der Waals surface area contributed by atoms with Gasteiger partial charge in [0.25, 0.3) is 0 Å². The highest BCUT2D eigenvalue weighted by Crippen LogP contribution is 2.14. The minimum Gasteiger partial charge on any atom is -0.461 e. The molecule has 0 saturated heterocycles. The Morgan fingerprint density at radius 2 is 0.967 bits per heavy atom. The monoisotopic (exact) mass is 828 g/mol. The molecular formula is C54H85NO5. The molecule has 0 aromatic rings. The predicted octanol–water partition coefficient (Wildman–Crippen LogP) is 13.9. The van der Waals surface area contributed by atoms with Crippen LogP contribution in [0.2, 0.25) is 0 Å². The number of unbranched alkanes of at least 4 members (excludes halogenated alkanes) is 10. The first-order valence-corrected chi connectivity index (χ1v) is 23.5. The SMILES string of the molecule is CC/C=C\C/C=C\C/C=C\C/C=C\C/C=C\C/C=C\CCC(=O)OC(C/C=C/C=C\C=C/C=C/C=C/CC)CC(=O)NC(CO)C(O)CCCCCCCCCCCCC. The Bertz CT molecular complexity index is 1340. The Labute approximate surface area is 367 Å². The third-order valence-corrected chi connectivity index (χ3v) is 9.62. The van der Waals surface area contributed by atoms with E-state index in [0.717, 1.165) is 64.2 Å². The number of ether oxygens (including phenoxy) is 1. The first-order chi connectivity index (χ1) is 29.5. The van der Waals surface area contributed by atoms with Gasteiger partial charge in [-0.3, -0.25) is 9.59 Å². The van der Waals surface area contributed by atoms with Crippen LogP contribution in [0.15, 0.2) is 134 Å². The second kappa shape index (κ2) is 46.1. The van der Waals surface area contributed by atoms with Crippen molar-refractivity contribution in [3.8, 4) is 0 Å². The van der Waals surface area contributed by atoms with Gasteiger partial charge in [-0.05, 0) is 57.8 Å². The number of hydrogen-bond acceptors (Lipinski definition) is 5. The first-order valence-electron chi connectivity index (χ1n) is 23.5. The molecular weight excluding hydrogens is 743 g/mol. The van der Waals surface area contributed by atoms with E-state index in [1.165, 1.54) is 51.4 Å². The summed E-state index contributed by atoms with van der Waals surface area (Å²) in [6, 6.07) is -0.762. The molecule has 6 heteroatoms.